The summed E-state index contributed by atoms with van der Waals surface area (Å²) in [5, 5.41) is 8.03. The molecule has 32 heavy (non-hydrogen) atoms. The van der Waals surface area contributed by atoms with Gasteiger partial charge in [0, 0.05) is 36.0 Å². The summed E-state index contributed by atoms with van der Waals surface area (Å²) in [5.41, 5.74) is 2.84. The summed E-state index contributed by atoms with van der Waals surface area (Å²) in [6.07, 6.45) is 3.88. The number of ether oxygens (including phenoxy) is 1. The predicted octanol–water partition coefficient (Wildman–Crippen LogP) is 4.00. The Morgan fingerprint density at radius 2 is 2.06 bits per heavy atom. The Hall–Kier alpha value is -3.42. The number of fused-ring (bicyclic) bond motifs is 1. The average Bonchev–Trinajstić information content (AvgIpc) is 3.55. The third-order valence-corrected chi connectivity index (χ3v) is 5.66. The Kier molecular flexibility index (Phi) is 6.12. The molecule has 1 aliphatic rings. The van der Waals surface area contributed by atoms with Gasteiger partial charge in [-0.25, -0.2) is 9.67 Å². The van der Waals surface area contributed by atoms with Gasteiger partial charge in [-0.2, -0.15) is 5.10 Å². The van der Waals surface area contributed by atoms with Gasteiger partial charge < -0.3 is 15.0 Å². The Morgan fingerprint density at radius 1 is 1.28 bits per heavy atom. The van der Waals surface area contributed by atoms with Gasteiger partial charge in [-0.15, -0.1) is 0 Å². The minimum absolute atomic E-state index is 0.0482. The monoisotopic (exact) mass is 435 g/mol. The van der Waals surface area contributed by atoms with Crippen molar-refractivity contribution in [2.24, 2.45) is 0 Å². The van der Waals surface area contributed by atoms with E-state index in [1.807, 2.05) is 31.5 Å². The summed E-state index contributed by atoms with van der Waals surface area (Å²) in [4.78, 5) is 32.6. The molecule has 0 aliphatic heterocycles. The Labute approximate surface area is 187 Å². The van der Waals surface area contributed by atoms with Crippen LogP contribution >= 0.6 is 0 Å². The second-order valence-electron chi connectivity index (χ2n) is 8.39. The number of carbonyl (C=O) groups is 2. The van der Waals surface area contributed by atoms with Gasteiger partial charge in [0.05, 0.1) is 24.3 Å². The molecule has 8 heteroatoms. The molecular formula is C24H29N5O3. The highest BCUT2D eigenvalue weighted by Gasteiger charge is 2.29. The number of methoxy groups -OCH3 is 1. The molecule has 168 valence electrons. The quantitative estimate of drug-likeness (QED) is 0.578. The van der Waals surface area contributed by atoms with Gasteiger partial charge in [-0.1, -0.05) is 6.07 Å². The largest absolute Gasteiger partial charge is 0.497 e. The number of nitrogens with one attached hydrogen (secondary N) is 1. The third kappa shape index (κ3) is 4.44. The third-order valence-electron chi connectivity index (χ3n) is 5.66. The van der Waals surface area contributed by atoms with Gasteiger partial charge >= 0.3 is 0 Å². The van der Waals surface area contributed by atoms with Crippen LogP contribution < -0.4 is 10.1 Å². The molecule has 0 atom stereocenters. The molecule has 0 radical (unpaired) electrons. The van der Waals surface area contributed by atoms with Crippen LogP contribution in [0.1, 0.15) is 61.6 Å². The SMILES string of the molecule is CCN(CC(=O)Nc1cccc(OC)c1)C(=O)c1cc(C2CC2)nc2c1cnn2C(C)C. The van der Waals surface area contributed by atoms with E-state index < -0.39 is 0 Å². The van der Waals surface area contributed by atoms with Crippen LogP contribution in [-0.4, -0.2) is 51.7 Å². The molecule has 3 aromatic rings. The maximum absolute atomic E-state index is 13.5. The molecule has 2 aromatic heterocycles. The molecule has 1 fully saturated rings. The van der Waals surface area contributed by atoms with E-state index in [-0.39, 0.29) is 24.4 Å². The molecule has 2 heterocycles. The zero-order valence-corrected chi connectivity index (χ0v) is 19.0. The summed E-state index contributed by atoms with van der Waals surface area (Å²) < 4.78 is 7.05. The number of amides is 2. The zero-order valence-electron chi connectivity index (χ0n) is 19.0. The molecule has 1 saturated carbocycles. The standard InChI is InChI=1S/C24H29N5O3/c1-5-28(14-22(30)26-17-7-6-8-18(11-17)32-4)24(31)19-12-21(16-9-10-16)27-23-20(19)13-25-29(23)15(2)3/h6-8,11-13,15-16H,5,9-10,14H2,1-4H3,(H,26,30). The number of nitrogens with zero attached hydrogens (tertiary/aromatic N) is 4. The Bertz CT molecular complexity index is 1150. The molecule has 0 bridgehead atoms. The second kappa shape index (κ2) is 8.98. The fourth-order valence-electron chi connectivity index (χ4n) is 3.75. The number of aromatic nitrogens is 3. The highest BCUT2D eigenvalue weighted by Crippen LogP contribution is 2.40. The number of hydrogen-bond donors (Lipinski definition) is 1. The van der Waals surface area contributed by atoms with Crippen molar-refractivity contribution in [1.82, 2.24) is 19.7 Å². The van der Waals surface area contributed by atoms with Gasteiger partial charge in [0.1, 0.15) is 12.3 Å². The van der Waals surface area contributed by atoms with Crippen molar-refractivity contribution in [1.29, 1.82) is 0 Å². The van der Waals surface area contributed by atoms with Gasteiger partial charge in [0.15, 0.2) is 5.65 Å². The first kappa shape index (κ1) is 21.8. The lowest BCUT2D eigenvalue weighted by Crippen LogP contribution is -2.38. The first-order chi connectivity index (χ1) is 15.4. The fraction of sp³-hybridized carbons (Fsp3) is 0.417. The van der Waals surface area contributed by atoms with Crippen LogP contribution in [0.25, 0.3) is 11.0 Å². The van der Waals surface area contributed by atoms with Crippen molar-refractivity contribution in [2.75, 3.05) is 25.5 Å². The molecule has 0 unspecified atom stereocenters. The van der Waals surface area contributed by atoms with E-state index >= 15 is 0 Å². The summed E-state index contributed by atoms with van der Waals surface area (Å²) in [6.45, 7) is 6.31. The number of rotatable bonds is 8. The number of carbonyl (C=O) groups excluding carboxylic acids is 2. The summed E-state index contributed by atoms with van der Waals surface area (Å²) >= 11 is 0. The highest BCUT2D eigenvalue weighted by atomic mass is 16.5. The van der Waals surface area contributed by atoms with Crippen molar-refractivity contribution in [2.45, 2.75) is 45.6 Å². The predicted molar refractivity (Wildman–Crippen MR) is 123 cm³/mol. The van der Waals surface area contributed by atoms with Gasteiger partial charge in [-0.3, -0.25) is 9.59 Å². The lowest BCUT2D eigenvalue weighted by molar-refractivity contribution is -0.116. The number of likely N-dealkylation sites (N-methyl/N-ethyl adjacent to an activating group) is 1. The smallest absolute Gasteiger partial charge is 0.255 e. The molecule has 8 nitrogen and oxygen atoms in total. The first-order valence-corrected chi connectivity index (χ1v) is 11.0. The minimum Gasteiger partial charge on any atom is -0.497 e. The van der Waals surface area contributed by atoms with E-state index in [1.54, 1.807) is 42.5 Å². The van der Waals surface area contributed by atoms with E-state index in [0.29, 0.717) is 29.5 Å². The van der Waals surface area contributed by atoms with Gasteiger partial charge in [-0.05, 0) is 51.8 Å². The topological polar surface area (TPSA) is 89.3 Å². The van der Waals surface area contributed by atoms with Crippen molar-refractivity contribution >= 4 is 28.5 Å². The summed E-state index contributed by atoms with van der Waals surface area (Å²) in [6, 6.07) is 9.15. The number of benzene rings is 1. The molecule has 0 spiro atoms. The molecule has 4 rings (SSSR count). The highest BCUT2D eigenvalue weighted by molar-refractivity contribution is 6.07. The van der Waals surface area contributed by atoms with Crippen LogP contribution in [0.15, 0.2) is 36.5 Å². The molecule has 2 amide bonds. The van der Waals surface area contributed by atoms with Crippen LogP contribution in [-0.2, 0) is 4.79 Å². The zero-order chi connectivity index (χ0) is 22.8. The van der Waals surface area contributed by atoms with Crippen molar-refractivity contribution < 1.29 is 14.3 Å². The number of pyridine rings is 1. The molecule has 0 saturated heterocycles. The lowest BCUT2D eigenvalue weighted by atomic mass is 10.1. The van der Waals surface area contributed by atoms with E-state index in [9.17, 15) is 9.59 Å². The lowest BCUT2D eigenvalue weighted by Gasteiger charge is -2.21. The van der Waals surface area contributed by atoms with E-state index in [1.165, 1.54) is 0 Å². The Balaban J connectivity index is 1.59. The van der Waals surface area contributed by atoms with Crippen LogP contribution in [0.3, 0.4) is 0 Å². The summed E-state index contributed by atoms with van der Waals surface area (Å²) in [5.74, 6) is 0.595. The minimum atomic E-state index is -0.265. The molecule has 1 N–H and O–H groups in total. The van der Waals surface area contributed by atoms with Crippen LogP contribution in [0.2, 0.25) is 0 Å². The summed E-state index contributed by atoms with van der Waals surface area (Å²) in [7, 11) is 1.57. The maximum atomic E-state index is 13.5. The number of hydrogen-bond acceptors (Lipinski definition) is 5. The van der Waals surface area contributed by atoms with Crippen LogP contribution in [0, 0.1) is 0 Å². The van der Waals surface area contributed by atoms with Gasteiger partial charge in [0.2, 0.25) is 5.91 Å². The van der Waals surface area contributed by atoms with E-state index in [4.69, 9.17) is 9.72 Å². The van der Waals surface area contributed by atoms with Crippen molar-refractivity contribution in [3.63, 3.8) is 0 Å². The average molecular weight is 436 g/mol. The van der Waals surface area contributed by atoms with Gasteiger partial charge in [0.25, 0.3) is 5.91 Å². The fourth-order valence-corrected chi connectivity index (χ4v) is 3.75. The first-order valence-electron chi connectivity index (χ1n) is 11.0. The molecule has 1 aliphatic carbocycles. The van der Waals surface area contributed by atoms with E-state index in [2.05, 4.69) is 10.4 Å². The normalized spacial score (nSPS) is 13.4. The van der Waals surface area contributed by atoms with Crippen molar-refractivity contribution in [3.8, 4) is 5.75 Å². The van der Waals surface area contributed by atoms with Crippen LogP contribution in [0.5, 0.6) is 5.75 Å². The maximum Gasteiger partial charge on any atom is 0.255 e. The molecular weight excluding hydrogens is 406 g/mol. The Morgan fingerprint density at radius 3 is 2.72 bits per heavy atom. The number of anilines is 1. The van der Waals surface area contributed by atoms with E-state index in [0.717, 1.165) is 29.6 Å². The molecule has 1 aromatic carbocycles. The second-order valence-corrected chi connectivity index (χ2v) is 8.39. The van der Waals surface area contributed by atoms with Crippen molar-refractivity contribution in [3.05, 3.63) is 47.8 Å². The van der Waals surface area contributed by atoms with Crippen LogP contribution in [0.4, 0.5) is 5.69 Å².